The van der Waals surface area contributed by atoms with Gasteiger partial charge in [0.2, 0.25) is 0 Å². The number of nitriles is 1. The normalized spacial score (nSPS) is 11.0. The fourth-order valence-corrected chi connectivity index (χ4v) is 2.35. The first kappa shape index (κ1) is 14.8. The minimum Gasteiger partial charge on any atom is -0.508 e. The Labute approximate surface area is 126 Å². The molecule has 2 N–H and O–H groups in total. The second-order valence-electron chi connectivity index (χ2n) is 4.31. The van der Waals surface area contributed by atoms with Crippen LogP contribution >= 0.6 is 11.3 Å². The molecule has 2 aromatic rings. The van der Waals surface area contributed by atoms with Crippen LogP contribution in [0.5, 0.6) is 5.75 Å². The van der Waals surface area contributed by atoms with Gasteiger partial charge in [-0.05, 0) is 30.7 Å². The lowest BCUT2D eigenvalue weighted by Crippen LogP contribution is -2.23. The molecule has 1 aromatic carbocycles. The second-order valence-corrected chi connectivity index (χ2v) is 5.63. The minimum absolute atomic E-state index is 0.00830. The third-order valence-electron chi connectivity index (χ3n) is 2.64. The Kier molecular flexibility index (Phi) is 4.69. The van der Waals surface area contributed by atoms with Crippen LogP contribution in [0.4, 0.5) is 0 Å². The van der Waals surface area contributed by atoms with E-state index in [0.717, 1.165) is 9.88 Å². The number of thiazole rings is 1. The lowest BCUT2D eigenvalue weighted by atomic mass is 10.1. The largest absolute Gasteiger partial charge is 0.508 e. The molecule has 21 heavy (non-hydrogen) atoms. The molecule has 1 heterocycles. The van der Waals surface area contributed by atoms with Crippen LogP contribution in [0, 0.1) is 18.3 Å². The van der Waals surface area contributed by atoms with Gasteiger partial charge in [-0.1, -0.05) is 12.1 Å². The highest BCUT2D eigenvalue weighted by Crippen LogP contribution is 2.13. The molecule has 0 aliphatic heterocycles. The zero-order valence-electron chi connectivity index (χ0n) is 11.3. The lowest BCUT2D eigenvalue weighted by Gasteiger charge is -2.02. The Morgan fingerprint density at radius 3 is 2.76 bits per heavy atom. The van der Waals surface area contributed by atoms with Gasteiger partial charge < -0.3 is 10.4 Å². The molecule has 0 atom stereocenters. The predicted molar refractivity (Wildman–Crippen MR) is 80.4 cm³/mol. The average Bonchev–Trinajstić information content (AvgIpc) is 2.90. The quantitative estimate of drug-likeness (QED) is 0.670. The van der Waals surface area contributed by atoms with Gasteiger partial charge >= 0.3 is 0 Å². The maximum absolute atomic E-state index is 12.0. The first-order valence-electron chi connectivity index (χ1n) is 6.19. The molecule has 1 amide bonds. The molecule has 0 bridgehead atoms. The highest BCUT2D eigenvalue weighted by Gasteiger charge is 2.09. The third kappa shape index (κ3) is 4.16. The van der Waals surface area contributed by atoms with Gasteiger partial charge in [0, 0.05) is 11.1 Å². The molecule has 1 aromatic heterocycles. The van der Waals surface area contributed by atoms with Gasteiger partial charge in [0.1, 0.15) is 22.4 Å². The smallest absolute Gasteiger partial charge is 0.262 e. The fourth-order valence-electron chi connectivity index (χ4n) is 1.62. The summed E-state index contributed by atoms with van der Waals surface area (Å²) in [5, 5.41) is 21.7. The lowest BCUT2D eigenvalue weighted by molar-refractivity contribution is -0.117. The number of rotatable bonds is 4. The molecule has 0 saturated heterocycles. The average molecular weight is 299 g/mol. The van der Waals surface area contributed by atoms with Crippen molar-refractivity contribution in [3.8, 4) is 11.8 Å². The highest BCUT2D eigenvalue weighted by molar-refractivity contribution is 7.11. The van der Waals surface area contributed by atoms with Gasteiger partial charge in [-0.25, -0.2) is 4.98 Å². The van der Waals surface area contributed by atoms with Gasteiger partial charge in [-0.2, -0.15) is 5.26 Å². The number of amides is 1. The summed E-state index contributed by atoms with van der Waals surface area (Å²) >= 11 is 1.50. The molecular formula is C15H13N3O2S. The van der Waals surface area contributed by atoms with Crippen LogP contribution in [-0.2, 0) is 11.3 Å². The molecule has 106 valence electrons. The molecule has 0 aliphatic rings. The summed E-state index contributed by atoms with van der Waals surface area (Å²) in [6.45, 7) is 2.24. The number of carbonyl (C=O) groups excluding carboxylic acids is 1. The molecule has 6 heteroatoms. The zero-order chi connectivity index (χ0) is 15.2. The van der Waals surface area contributed by atoms with Crippen molar-refractivity contribution >= 4 is 23.3 Å². The van der Waals surface area contributed by atoms with Crippen LogP contribution in [-0.4, -0.2) is 16.0 Å². The van der Waals surface area contributed by atoms with Crippen molar-refractivity contribution in [2.24, 2.45) is 0 Å². The van der Waals surface area contributed by atoms with Crippen LogP contribution in [0.15, 0.2) is 36.0 Å². The number of phenols is 1. The molecule has 0 aliphatic carbocycles. The number of aromatic hydroxyl groups is 1. The van der Waals surface area contributed by atoms with Crippen molar-refractivity contribution in [3.05, 3.63) is 51.5 Å². The molecule has 0 radical (unpaired) electrons. The molecule has 0 saturated carbocycles. The molecule has 0 spiro atoms. The monoisotopic (exact) mass is 299 g/mol. The van der Waals surface area contributed by atoms with Crippen molar-refractivity contribution in [1.82, 2.24) is 10.3 Å². The zero-order valence-corrected chi connectivity index (χ0v) is 12.1. The SMILES string of the molecule is Cc1cnc(CNC(=O)/C(C#N)=C/c2ccc(O)cc2)s1. The number of phenolic OH excluding ortho intramolecular Hbond substituents is 1. The number of hydrogen-bond acceptors (Lipinski definition) is 5. The number of hydrogen-bond donors (Lipinski definition) is 2. The number of benzene rings is 1. The van der Waals surface area contributed by atoms with Gasteiger partial charge in [-0.15, -0.1) is 11.3 Å². The van der Waals surface area contributed by atoms with Gasteiger partial charge in [0.25, 0.3) is 5.91 Å². The van der Waals surface area contributed by atoms with Crippen LogP contribution in [0.3, 0.4) is 0 Å². The minimum atomic E-state index is -0.446. The molecule has 5 nitrogen and oxygen atoms in total. The Bertz CT molecular complexity index is 711. The summed E-state index contributed by atoms with van der Waals surface area (Å²) in [5.41, 5.74) is 0.679. The maximum Gasteiger partial charge on any atom is 0.262 e. The second kappa shape index (κ2) is 6.68. The van der Waals surface area contributed by atoms with E-state index in [2.05, 4.69) is 10.3 Å². The first-order chi connectivity index (χ1) is 10.1. The summed E-state index contributed by atoms with van der Waals surface area (Å²) in [6.07, 6.45) is 3.21. The number of aryl methyl sites for hydroxylation is 1. The van der Waals surface area contributed by atoms with Crippen LogP contribution < -0.4 is 5.32 Å². The van der Waals surface area contributed by atoms with Crippen LogP contribution in [0.25, 0.3) is 6.08 Å². The van der Waals surface area contributed by atoms with E-state index in [1.807, 2.05) is 13.0 Å². The van der Waals surface area contributed by atoms with Crippen molar-refractivity contribution in [2.75, 3.05) is 0 Å². The number of nitrogens with zero attached hydrogens (tertiary/aromatic N) is 2. The van der Waals surface area contributed by atoms with Gasteiger partial charge in [0.05, 0.1) is 6.54 Å². The number of nitrogens with one attached hydrogen (secondary N) is 1. The topological polar surface area (TPSA) is 86.0 Å². The van der Waals surface area contributed by atoms with E-state index in [4.69, 9.17) is 5.26 Å². The Balaban J connectivity index is 2.04. The van der Waals surface area contributed by atoms with Gasteiger partial charge in [0.15, 0.2) is 0 Å². The molecule has 0 fully saturated rings. The predicted octanol–water partition coefficient (Wildman–Crippen LogP) is 2.38. The van der Waals surface area contributed by atoms with Crippen LogP contribution in [0.2, 0.25) is 0 Å². The van der Waals surface area contributed by atoms with Crippen molar-refractivity contribution in [1.29, 1.82) is 5.26 Å². The summed E-state index contributed by atoms with van der Waals surface area (Å²) in [6, 6.07) is 8.13. The highest BCUT2D eigenvalue weighted by atomic mass is 32.1. The third-order valence-corrected chi connectivity index (χ3v) is 3.55. The Morgan fingerprint density at radius 2 is 2.19 bits per heavy atom. The van der Waals surface area contributed by atoms with E-state index in [1.54, 1.807) is 18.3 Å². The molecule has 0 unspecified atom stereocenters. The van der Waals surface area contributed by atoms with Gasteiger partial charge in [-0.3, -0.25) is 4.79 Å². The van der Waals surface area contributed by atoms with E-state index < -0.39 is 5.91 Å². The van der Waals surface area contributed by atoms with E-state index in [-0.39, 0.29) is 11.3 Å². The van der Waals surface area contributed by atoms with E-state index in [9.17, 15) is 9.90 Å². The van der Waals surface area contributed by atoms with E-state index in [0.29, 0.717) is 12.1 Å². The molecular weight excluding hydrogens is 286 g/mol. The summed E-state index contributed by atoms with van der Waals surface area (Å²) in [5.74, 6) is -0.312. The first-order valence-corrected chi connectivity index (χ1v) is 7.00. The maximum atomic E-state index is 12.0. The fraction of sp³-hybridized carbons (Fsp3) is 0.133. The van der Waals surface area contributed by atoms with Crippen LogP contribution in [0.1, 0.15) is 15.4 Å². The van der Waals surface area contributed by atoms with Crippen molar-refractivity contribution in [3.63, 3.8) is 0 Å². The summed E-state index contributed by atoms with van der Waals surface area (Å²) in [7, 11) is 0. The Hall–Kier alpha value is -2.65. The standard InChI is InChI=1S/C15H13N3O2S/c1-10-8-17-14(21-10)9-18-15(20)12(7-16)6-11-2-4-13(19)5-3-11/h2-6,8,19H,9H2,1H3,(H,18,20)/b12-6+. The summed E-state index contributed by atoms with van der Waals surface area (Å²) < 4.78 is 0. The van der Waals surface area contributed by atoms with Crippen molar-refractivity contribution in [2.45, 2.75) is 13.5 Å². The van der Waals surface area contributed by atoms with E-state index >= 15 is 0 Å². The Morgan fingerprint density at radius 1 is 1.48 bits per heavy atom. The number of aromatic nitrogens is 1. The summed E-state index contributed by atoms with van der Waals surface area (Å²) in [4.78, 5) is 17.2. The molecule has 2 rings (SSSR count). The number of carbonyl (C=O) groups is 1. The van der Waals surface area contributed by atoms with E-state index in [1.165, 1.54) is 29.5 Å². The van der Waals surface area contributed by atoms with Crippen molar-refractivity contribution < 1.29 is 9.90 Å².